The number of rotatable bonds is 4. The molecule has 2 aromatic carbocycles. The van der Waals surface area contributed by atoms with Gasteiger partial charge in [-0.15, -0.1) is 0 Å². The number of hydrogen-bond donors (Lipinski definition) is 1. The first kappa shape index (κ1) is 18.6. The molecule has 4 aromatic rings. The second-order valence-electron chi connectivity index (χ2n) is 6.25. The van der Waals surface area contributed by atoms with Crippen molar-refractivity contribution in [3.8, 4) is 0 Å². The lowest BCUT2D eigenvalue weighted by Gasteiger charge is -2.15. The van der Waals surface area contributed by atoms with Crippen molar-refractivity contribution in [3.63, 3.8) is 0 Å². The molecule has 1 N–H and O–H groups in total. The fourth-order valence-corrected chi connectivity index (χ4v) is 2.94. The monoisotopic (exact) mass is 400 g/mol. The summed E-state index contributed by atoms with van der Waals surface area (Å²) in [5.74, 6) is -5.52. The van der Waals surface area contributed by atoms with Gasteiger partial charge in [0.2, 0.25) is 11.8 Å². The molecule has 2 aromatic heterocycles. The Morgan fingerprint density at radius 2 is 1.76 bits per heavy atom. The van der Waals surface area contributed by atoms with Crippen molar-refractivity contribution in [3.05, 3.63) is 94.2 Å². The fraction of sp³-hybridized carbons (Fsp3) is 0.0500. The van der Waals surface area contributed by atoms with Gasteiger partial charge < -0.3 is 9.88 Å². The average molecular weight is 400 g/mol. The third-order valence-corrected chi connectivity index (χ3v) is 4.28. The molecule has 146 valence electrons. The Hall–Kier alpha value is -3.75. The van der Waals surface area contributed by atoms with Crippen molar-refractivity contribution in [1.29, 1.82) is 0 Å². The second-order valence-corrected chi connectivity index (χ2v) is 6.25. The number of aromatic nitrogens is 3. The largest absolute Gasteiger partial charge is 0.325 e. The molecule has 5 nitrogen and oxygen atoms in total. The summed E-state index contributed by atoms with van der Waals surface area (Å²) in [6.45, 7) is -0.257. The summed E-state index contributed by atoms with van der Waals surface area (Å²) in [5, 5.41) is 4.53. The number of nitrogens with one attached hydrogen (secondary N) is 1. The first-order chi connectivity index (χ1) is 13.9. The third-order valence-electron chi connectivity index (χ3n) is 4.28. The Morgan fingerprint density at radius 3 is 2.52 bits per heavy atom. The Balaban J connectivity index is 1.78. The SMILES string of the molecule is O=c1nc(Nc2cccc3cnccc23)n(Cc2cc(F)c(F)c(F)c2)cc1F. The maximum absolute atomic E-state index is 13.8. The van der Waals surface area contributed by atoms with Gasteiger partial charge in [0.15, 0.2) is 17.5 Å². The molecule has 0 aliphatic heterocycles. The standard InChI is InChI=1S/C20H12F4N4O/c21-14-6-11(7-15(22)18(14)24)9-28-10-16(23)19(29)27-20(28)26-17-3-1-2-12-8-25-5-4-13(12)17/h1-8,10H,9H2,(H,26,27,29). The van der Waals surface area contributed by atoms with Crippen LogP contribution >= 0.6 is 0 Å². The number of benzene rings is 2. The molecule has 0 aliphatic carbocycles. The molecule has 0 saturated carbocycles. The Bertz CT molecular complexity index is 1260. The lowest BCUT2D eigenvalue weighted by molar-refractivity contribution is 0.444. The highest BCUT2D eigenvalue weighted by Gasteiger charge is 2.14. The van der Waals surface area contributed by atoms with E-state index in [1.165, 1.54) is 4.57 Å². The molecular formula is C20H12F4N4O. The number of halogens is 4. The van der Waals surface area contributed by atoms with Crippen LogP contribution in [-0.4, -0.2) is 14.5 Å². The summed E-state index contributed by atoms with van der Waals surface area (Å²) in [7, 11) is 0. The van der Waals surface area contributed by atoms with Crippen molar-refractivity contribution >= 4 is 22.4 Å². The van der Waals surface area contributed by atoms with Gasteiger partial charge in [-0.1, -0.05) is 12.1 Å². The normalized spacial score (nSPS) is 11.0. The quantitative estimate of drug-likeness (QED) is 0.413. The van der Waals surface area contributed by atoms with Gasteiger partial charge in [-0.3, -0.25) is 9.78 Å². The van der Waals surface area contributed by atoms with E-state index in [1.54, 1.807) is 30.6 Å². The predicted molar refractivity (Wildman–Crippen MR) is 98.9 cm³/mol. The highest BCUT2D eigenvalue weighted by atomic mass is 19.2. The molecule has 9 heteroatoms. The van der Waals surface area contributed by atoms with Gasteiger partial charge in [0.25, 0.3) is 0 Å². The number of pyridine rings is 1. The van der Waals surface area contributed by atoms with Crippen LogP contribution in [-0.2, 0) is 6.54 Å². The summed E-state index contributed by atoms with van der Waals surface area (Å²) in [6, 6.07) is 8.64. The molecule has 0 spiro atoms. The van der Waals surface area contributed by atoms with Crippen molar-refractivity contribution in [2.45, 2.75) is 6.54 Å². The zero-order chi connectivity index (χ0) is 20.5. The van der Waals surface area contributed by atoms with E-state index in [0.29, 0.717) is 5.69 Å². The molecule has 0 atom stereocenters. The molecule has 2 heterocycles. The van der Waals surface area contributed by atoms with Crippen LogP contribution in [0.1, 0.15) is 5.56 Å². The summed E-state index contributed by atoms with van der Waals surface area (Å²) in [6.07, 6.45) is 4.10. The maximum atomic E-state index is 13.8. The van der Waals surface area contributed by atoms with Crippen LogP contribution in [0, 0.1) is 23.3 Å². The first-order valence-electron chi connectivity index (χ1n) is 8.42. The molecule has 0 aliphatic rings. The van der Waals surface area contributed by atoms with Gasteiger partial charge in [0.1, 0.15) is 0 Å². The minimum Gasteiger partial charge on any atom is -0.325 e. The number of nitrogens with zero attached hydrogens (tertiary/aromatic N) is 3. The van der Waals surface area contributed by atoms with E-state index in [2.05, 4.69) is 15.3 Å². The zero-order valence-corrected chi connectivity index (χ0v) is 14.7. The lowest BCUT2D eigenvalue weighted by Crippen LogP contribution is -2.20. The van der Waals surface area contributed by atoms with E-state index >= 15 is 0 Å². The highest BCUT2D eigenvalue weighted by molar-refractivity contribution is 5.94. The Labute approximate surface area is 161 Å². The van der Waals surface area contributed by atoms with E-state index in [-0.39, 0.29) is 18.1 Å². The number of anilines is 2. The lowest BCUT2D eigenvalue weighted by atomic mass is 10.1. The number of fused-ring (bicyclic) bond motifs is 1. The summed E-state index contributed by atoms with van der Waals surface area (Å²) in [4.78, 5) is 19.4. The third kappa shape index (κ3) is 3.66. The summed E-state index contributed by atoms with van der Waals surface area (Å²) < 4.78 is 55.2. The van der Waals surface area contributed by atoms with Crippen LogP contribution in [0.25, 0.3) is 10.8 Å². The molecule has 29 heavy (non-hydrogen) atoms. The van der Waals surface area contributed by atoms with E-state index in [1.807, 2.05) is 6.07 Å². The van der Waals surface area contributed by atoms with Crippen LogP contribution in [0.3, 0.4) is 0 Å². The van der Waals surface area contributed by atoms with E-state index in [9.17, 15) is 22.4 Å². The first-order valence-corrected chi connectivity index (χ1v) is 8.42. The van der Waals surface area contributed by atoms with Crippen molar-refractivity contribution in [2.75, 3.05) is 5.32 Å². The molecule has 0 radical (unpaired) electrons. The van der Waals surface area contributed by atoms with Crippen LogP contribution in [0.5, 0.6) is 0 Å². The summed E-state index contributed by atoms with van der Waals surface area (Å²) >= 11 is 0. The van der Waals surface area contributed by atoms with E-state index < -0.39 is 28.8 Å². The van der Waals surface area contributed by atoms with Crippen molar-refractivity contribution in [2.24, 2.45) is 0 Å². The van der Waals surface area contributed by atoms with Gasteiger partial charge in [0, 0.05) is 35.1 Å². The van der Waals surface area contributed by atoms with Crippen LogP contribution in [0.2, 0.25) is 0 Å². The minimum absolute atomic E-state index is 0.0245. The van der Waals surface area contributed by atoms with Crippen molar-refractivity contribution in [1.82, 2.24) is 14.5 Å². The highest BCUT2D eigenvalue weighted by Crippen LogP contribution is 2.25. The molecular weight excluding hydrogens is 388 g/mol. The zero-order valence-electron chi connectivity index (χ0n) is 14.7. The molecule has 0 bridgehead atoms. The smallest absolute Gasteiger partial charge is 0.310 e. The molecule has 0 amide bonds. The second kappa shape index (κ2) is 7.34. The van der Waals surface area contributed by atoms with Gasteiger partial charge in [-0.2, -0.15) is 9.37 Å². The molecule has 4 rings (SSSR count). The maximum Gasteiger partial charge on any atom is 0.310 e. The molecule has 0 saturated heterocycles. The molecule has 0 fully saturated rings. The van der Waals surface area contributed by atoms with Crippen LogP contribution < -0.4 is 10.9 Å². The number of hydrogen-bond acceptors (Lipinski definition) is 4. The van der Waals surface area contributed by atoms with Gasteiger partial charge in [-0.25, -0.2) is 13.2 Å². The van der Waals surface area contributed by atoms with Gasteiger partial charge >= 0.3 is 5.56 Å². The predicted octanol–water partition coefficient (Wildman–Crippen LogP) is 4.14. The average Bonchev–Trinajstić information content (AvgIpc) is 2.70. The molecule has 0 unspecified atom stereocenters. The van der Waals surface area contributed by atoms with Crippen LogP contribution in [0.4, 0.5) is 29.2 Å². The fourth-order valence-electron chi connectivity index (χ4n) is 2.94. The Morgan fingerprint density at radius 1 is 1.00 bits per heavy atom. The van der Waals surface area contributed by atoms with Gasteiger partial charge in [0.05, 0.1) is 6.54 Å². The van der Waals surface area contributed by atoms with E-state index in [4.69, 9.17) is 0 Å². The van der Waals surface area contributed by atoms with Crippen molar-refractivity contribution < 1.29 is 17.6 Å². The van der Waals surface area contributed by atoms with Gasteiger partial charge in [-0.05, 0) is 29.8 Å². The Kier molecular flexibility index (Phi) is 4.71. The minimum atomic E-state index is -1.60. The summed E-state index contributed by atoms with van der Waals surface area (Å²) in [5.41, 5.74) is -0.507. The topological polar surface area (TPSA) is 59.8 Å². The van der Waals surface area contributed by atoms with Crippen LogP contribution in [0.15, 0.2) is 59.8 Å². The van der Waals surface area contributed by atoms with E-state index in [0.717, 1.165) is 29.1 Å².